The molecule has 1 aliphatic rings. The van der Waals surface area contributed by atoms with Gasteiger partial charge >= 0.3 is 5.97 Å². The summed E-state index contributed by atoms with van der Waals surface area (Å²) < 4.78 is 10.4. The smallest absolute Gasteiger partial charge is 0.323 e. The maximum absolute atomic E-state index is 11.8. The monoisotopic (exact) mass is 409 g/mol. The van der Waals surface area contributed by atoms with Crippen LogP contribution in [0.15, 0.2) is 0 Å². The van der Waals surface area contributed by atoms with Crippen molar-refractivity contribution in [2.24, 2.45) is 11.7 Å². The number of rotatable bonds is 10. The van der Waals surface area contributed by atoms with Crippen LogP contribution in [0.25, 0.3) is 0 Å². The third kappa shape index (κ3) is 6.97. The Bertz CT molecular complexity index is 505. The first-order chi connectivity index (χ1) is 12.5. The number of ether oxygens (including phenoxy) is 2. The number of nitrogens with two attached hydrogens (primary N) is 1. The summed E-state index contributed by atoms with van der Waals surface area (Å²) >= 11 is 1.55. The highest BCUT2D eigenvalue weighted by Gasteiger charge is 2.50. The molecule has 0 bridgehead atoms. The maximum atomic E-state index is 11.8. The number of carbonyl (C=O) groups excluding carboxylic acids is 2. The molecule has 1 fully saturated rings. The predicted octanol–water partition coefficient (Wildman–Crippen LogP) is -1.21. The lowest BCUT2D eigenvalue weighted by molar-refractivity contribution is -0.285. The highest BCUT2D eigenvalue weighted by Crippen LogP contribution is 2.36. The van der Waals surface area contributed by atoms with Gasteiger partial charge in [0.25, 0.3) is 0 Å². The fourth-order valence-corrected chi connectivity index (χ4v) is 3.58. The van der Waals surface area contributed by atoms with Gasteiger partial charge in [-0.2, -0.15) is 11.8 Å². The van der Waals surface area contributed by atoms with Gasteiger partial charge in [0.2, 0.25) is 5.79 Å². The summed E-state index contributed by atoms with van der Waals surface area (Å²) in [5, 5.41) is 40.6. The zero-order valence-corrected chi connectivity index (χ0v) is 16.7. The van der Waals surface area contributed by atoms with Gasteiger partial charge in [0.1, 0.15) is 12.6 Å². The molecule has 1 rings (SSSR count). The molecule has 0 saturated carbocycles. The second-order valence-corrected chi connectivity index (χ2v) is 7.98. The molecule has 1 saturated heterocycles. The number of hydrogen-bond donors (Lipinski definition) is 5. The molecule has 0 aromatic heterocycles. The van der Waals surface area contributed by atoms with Crippen molar-refractivity contribution >= 4 is 23.5 Å². The Balaban J connectivity index is 2.68. The van der Waals surface area contributed by atoms with E-state index in [1.54, 1.807) is 11.8 Å². The zero-order chi connectivity index (χ0) is 20.8. The average Bonchev–Trinajstić information content (AvgIpc) is 2.56. The first-order valence-electron chi connectivity index (χ1n) is 8.88. The molecule has 5 unspecified atom stereocenters. The molecule has 7 atom stereocenters. The fourth-order valence-electron chi connectivity index (χ4n) is 3.09. The van der Waals surface area contributed by atoms with E-state index in [0.29, 0.717) is 12.2 Å². The van der Waals surface area contributed by atoms with E-state index in [9.17, 15) is 30.0 Å². The number of thioether (sulfide) groups is 1. The first-order valence-corrected chi connectivity index (χ1v) is 10.3. The average molecular weight is 410 g/mol. The summed E-state index contributed by atoms with van der Waals surface area (Å²) in [5.41, 5.74) is 5.69. The second-order valence-electron chi connectivity index (χ2n) is 6.99. The molecule has 158 valence electrons. The molecule has 0 radical (unpaired) electrons. The van der Waals surface area contributed by atoms with Crippen LogP contribution in [0.1, 0.15) is 33.1 Å². The molecule has 6 N–H and O–H groups in total. The highest BCUT2D eigenvalue weighted by molar-refractivity contribution is 7.98. The van der Waals surface area contributed by atoms with Gasteiger partial charge in [0, 0.05) is 25.7 Å². The molecular weight excluding hydrogens is 378 g/mol. The largest absolute Gasteiger partial charge is 0.462 e. The van der Waals surface area contributed by atoms with Gasteiger partial charge in [-0.1, -0.05) is 0 Å². The van der Waals surface area contributed by atoms with Crippen LogP contribution in [0.5, 0.6) is 0 Å². The van der Waals surface area contributed by atoms with Crippen molar-refractivity contribution in [3.63, 3.8) is 0 Å². The zero-order valence-electron chi connectivity index (χ0n) is 15.9. The Morgan fingerprint density at radius 1 is 1.41 bits per heavy atom. The topological polar surface area (TPSA) is 160 Å². The summed E-state index contributed by atoms with van der Waals surface area (Å²) in [7, 11) is 0. The van der Waals surface area contributed by atoms with Crippen molar-refractivity contribution in [3.8, 4) is 0 Å². The van der Waals surface area contributed by atoms with Crippen LogP contribution in [0.4, 0.5) is 0 Å². The quantitative estimate of drug-likeness (QED) is 0.277. The van der Waals surface area contributed by atoms with Crippen molar-refractivity contribution in [2.45, 2.75) is 69.4 Å². The van der Waals surface area contributed by atoms with Crippen molar-refractivity contribution in [2.75, 3.05) is 18.6 Å². The normalized spacial score (nSPS) is 31.8. The molecule has 0 amide bonds. The van der Waals surface area contributed by atoms with Gasteiger partial charge in [-0.3, -0.25) is 9.59 Å². The molecule has 27 heavy (non-hydrogen) atoms. The van der Waals surface area contributed by atoms with E-state index in [-0.39, 0.29) is 19.4 Å². The molecule has 0 aromatic carbocycles. The van der Waals surface area contributed by atoms with Crippen LogP contribution in [-0.2, 0) is 19.1 Å². The van der Waals surface area contributed by atoms with Crippen LogP contribution < -0.4 is 5.73 Å². The van der Waals surface area contributed by atoms with E-state index in [1.807, 2.05) is 6.26 Å². The Labute approximate surface area is 163 Å². The van der Waals surface area contributed by atoms with Gasteiger partial charge in [-0.05, 0) is 25.4 Å². The lowest BCUT2D eigenvalue weighted by atomic mass is 9.81. The number of esters is 1. The van der Waals surface area contributed by atoms with Crippen molar-refractivity contribution < 1.29 is 39.5 Å². The molecule has 10 heteroatoms. The summed E-state index contributed by atoms with van der Waals surface area (Å²) in [5.74, 6) is -3.63. The first kappa shape index (κ1) is 24.3. The minimum Gasteiger partial charge on any atom is -0.462 e. The van der Waals surface area contributed by atoms with Crippen LogP contribution in [0.2, 0.25) is 0 Å². The fraction of sp³-hybridized carbons (Fsp3) is 0.882. The number of carbonyl (C=O) groups is 2. The summed E-state index contributed by atoms with van der Waals surface area (Å²) in [4.78, 5) is 23.5. The number of ketones is 1. The SMILES string of the molecule is CSCC[C@@H](N)C(=O)OC[C@@H](O)CC1OC(O)(C(C)=O)CC(O)C1C(C)O. The van der Waals surface area contributed by atoms with Crippen LogP contribution in [-0.4, -0.2) is 87.0 Å². The van der Waals surface area contributed by atoms with Gasteiger partial charge in [-0.25, -0.2) is 0 Å². The van der Waals surface area contributed by atoms with Crippen molar-refractivity contribution in [1.82, 2.24) is 0 Å². The lowest BCUT2D eigenvalue weighted by Crippen LogP contribution is -2.58. The number of Topliss-reactive ketones (excluding diaryl/α,β-unsaturated/α-hetero) is 1. The van der Waals surface area contributed by atoms with Crippen LogP contribution in [0, 0.1) is 5.92 Å². The molecule has 0 aliphatic carbocycles. The van der Waals surface area contributed by atoms with E-state index >= 15 is 0 Å². The van der Waals surface area contributed by atoms with Gasteiger partial charge in [0.05, 0.1) is 24.4 Å². The molecular formula is C17H31NO8S. The van der Waals surface area contributed by atoms with Crippen molar-refractivity contribution in [1.29, 1.82) is 0 Å². The van der Waals surface area contributed by atoms with E-state index in [2.05, 4.69) is 0 Å². The summed E-state index contributed by atoms with van der Waals surface area (Å²) in [6.45, 7) is 2.22. The molecule has 1 heterocycles. The molecule has 1 aliphatic heterocycles. The van der Waals surface area contributed by atoms with E-state index < -0.39 is 53.9 Å². The Kier molecular flexibility index (Phi) is 9.63. The lowest BCUT2D eigenvalue weighted by Gasteiger charge is -2.44. The van der Waals surface area contributed by atoms with Crippen LogP contribution >= 0.6 is 11.8 Å². The molecule has 0 aromatic rings. The Morgan fingerprint density at radius 3 is 2.56 bits per heavy atom. The van der Waals surface area contributed by atoms with Gasteiger partial charge in [0.15, 0.2) is 5.78 Å². The second kappa shape index (κ2) is 10.7. The van der Waals surface area contributed by atoms with E-state index in [0.717, 1.165) is 6.92 Å². The Morgan fingerprint density at radius 2 is 2.04 bits per heavy atom. The molecule has 9 nitrogen and oxygen atoms in total. The van der Waals surface area contributed by atoms with Gasteiger partial charge in [-0.15, -0.1) is 0 Å². The Hall–Kier alpha value is -0.750. The standard InChI is InChI=1S/C17H31NO8S/c1-9(19)15-13(22)7-17(24,10(2)20)26-14(15)6-11(21)8-25-16(23)12(18)4-5-27-3/h9,11-15,19,21-22,24H,4-8,18H2,1-3H3/t9?,11-,12+,13?,14?,15?,17?/m0/s1. The van der Waals surface area contributed by atoms with Crippen LogP contribution in [0.3, 0.4) is 0 Å². The third-order valence-corrected chi connectivity index (χ3v) is 5.31. The minimum absolute atomic E-state index is 0.157. The number of hydrogen-bond acceptors (Lipinski definition) is 10. The molecule has 0 spiro atoms. The number of aliphatic hydroxyl groups is 4. The van der Waals surface area contributed by atoms with E-state index in [1.165, 1.54) is 6.92 Å². The third-order valence-electron chi connectivity index (χ3n) is 4.67. The van der Waals surface area contributed by atoms with Gasteiger partial charge < -0.3 is 35.6 Å². The minimum atomic E-state index is -2.19. The predicted molar refractivity (Wildman–Crippen MR) is 98.9 cm³/mol. The van der Waals surface area contributed by atoms with E-state index in [4.69, 9.17) is 15.2 Å². The number of aliphatic hydroxyl groups excluding tert-OH is 3. The summed E-state index contributed by atoms with van der Waals surface area (Å²) in [6, 6.07) is -0.787. The van der Waals surface area contributed by atoms with Crippen molar-refractivity contribution in [3.05, 3.63) is 0 Å². The maximum Gasteiger partial charge on any atom is 0.323 e. The summed E-state index contributed by atoms with van der Waals surface area (Å²) in [6.07, 6.45) is -2.59. The highest BCUT2D eigenvalue weighted by atomic mass is 32.2.